The molecule has 0 aliphatic carbocycles. The van der Waals surface area contributed by atoms with Gasteiger partial charge in [0.25, 0.3) is 0 Å². The van der Waals surface area contributed by atoms with Gasteiger partial charge in [-0.2, -0.15) is 0 Å². The van der Waals surface area contributed by atoms with Crippen LogP contribution in [0.5, 0.6) is 0 Å². The average Bonchev–Trinajstić information content (AvgIpc) is 2.82. The fraction of sp³-hybridized carbons (Fsp3) is 0.154. The Balaban J connectivity index is 2.01. The Hall–Kier alpha value is -2.27. The van der Waals surface area contributed by atoms with E-state index in [9.17, 15) is 0 Å². The zero-order valence-corrected chi connectivity index (χ0v) is 9.69. The third-order valence-corrected chi connectivity index (χ3v) is 2.78. The normalized spacial score (nSPS) is 10.9. The lowest BCUT2D eigenvalue weighted by Gasteiger charge is -2.04. The minimum absolute atomic E-state index is 0.0493. The van der Waals surface area contributed by atoms with E-state index >= 15 is 0 Å². The van der Waals surface area contributed by atoms with Crippen LogP contribution in [0.1, 0.15) is 11.4 Å². The van der Waals surface area contributed by atoms with Gasteiger partial charge in [-0.1, -0.05) is 0 Å². The maximum absolute atomic E-state index is 9.12. The second-order valence-corrected chi connectivity index (χ2v) is 4.01. The number of pyridine rings is 1. The molecule has 0 saturated heterocycles. The first-order valence-corrected chi connectivity index (χ1v) is 5.67. The van der Waals surface area contributed by atoms with E-state index in [4.69, 9.17) is 5.11 Å². The molecule has 0 aromatic carbocycles. The maximum atomic E-state index is 9.12. The fourth-order valence-electron chi connectivity index (χ4n) is 1.90. The van der Waals surface area contributed by atoms with E-state index in [1.54, 1.807) is 18.6 Å². The molecule has 0 spiro atoms. The van der Waals surface area contributed by atoms with Crippen molar-refractivity contribution >= 4 is 11.0 Å². The van der Waals surface area contributed by atoms with Crippen molar-refractivity contribution in [2.45, 2.75) is 13.2 Å². The first kappa shape index (κ1) is 10.9. The van der Waals surface area contributed by atoms with E-state index in [-0.39, 0.29) is 6.61 Å². The monoisotopic (exact) mass is 240 g/mol. The number of fused-ring (bicyclic) bond motifs is 1. The second-order valence-electron chi connectivity index (χ2n) is 4.01. The zero-order chi connectivity index (χ0) is 12.4. The van der Waals surface area contributed by atoms with Gasteiger partial charge in [0.2, 0.25) is 0 Å². The van der Waals surface area contributed by atoms with Crippen LogP contribution in [0.3, 0.4) is 0 Å². The van der Waals surface area contributed by atoms with E-state index in [1.807, 2.05) is 29.0 Å². The highest BCUT2D eigenvalue weighted by atomic mass is 16.3. The molecule has 1 N–H and O–H groups in total. The third-order valence-electron chi connectivity index (χ3n) is 2.78. The maximum Gasteiger partial charge on any atom is 0.140 e. The van der Waals surface area contributed by atoms with Gasteiger partial charge >= 0.3 is 0 Å². The minimum atomic E-state index is -0.0493. The molecule has 5 nitrogen and oxygen atoms in total. The second kappa shape index (κ2) is 4.54. The first-order valence-electron chi connectivity index (χ1n) is 5.67. The summed E-state index contributed by atoms with van der Waals surface area (Å²) in [5, 5.41) is 10.2. The van der Waals surface area contributed by atoms with Crippen LogP contribution in [0.15, 0.2) is 43.0 Å². The molecular weight excluding hydrogens is 228 g/mol. The molecule has 18 heavy (non-hydrogen) atoms. The molecule has 3 aromatic rings. The van der Waals surface area contributed by atoms with Crippen molar-refractivity contribution in [3.8, 4) is 0 Å². The molecule has 0 saturated carbocycles. The van der Waals surface area contributed by atoms with Gasteiger partial charge in [-0.05, 0) is 18.2 Å². The van der Waals surface area contributed by atoms with Crippen molar-refractivity contribution in [2.75, 3.05) is 0 Å². The summed E-state index contributed by atoms with van der Waals surface area (Å²) in [7, 11) is 0. The van der Waals surface area contributed by atoms with Crippen molar-refractivity contribution in [3.63, 3.8) is 0 Å². The number of hydrogen-bond donors (Lipinski definition) is 1. The van der Waals surface area contributed by atoms with Crippen LogP contribution in [-0.4, -0.2) is 24.6 Å². The van der Waals surface area contributed by atoms with Crippen LogP contribution in [0.25, 0.3) is 11.0 Å². The molecule has 0 aliphatic rings. The molecule has 0 bridgehead atoms. The highest BCUT2D eigenvalue weighted by molar-refractivity contribution is 5.76. The number of nitrogens with zero attached hydrogens (tertiary/aromatic N) is 4. The topological polar surface area (TPSA) is 63.8 Å². The molecule has 0 atom stereocenters. The Kier molecular flexibility index (Phi) is 2.74. The van der Waals surface area contributed by atoms with E-state index in [0.29, 0.717) is 12.2 Å². The number of hydrogen-bond acceptors (Lipinski definition) is 4. The molecule has 0 amide bonds. The van der Waals surface area contributed by atoms with E-state index < -0.39 is 0 Å². The molecule has 5 heteroatoms. The lowest BCUT2D eigenvalue weighted by Crippen LogP contribution is -2.02. The van der Waals surface area contributed by atoms with Crippen molar-refractivity contribution in [2.24, 2.45) is 0 Å². The quantitative estimate of drug-likeness (QED) is 0.751. The molecule has 0 radical (unpaired) electrons. The standard InChI is InChI=1S/C13H12N4O/c18-9-11-2-1-10-3-6-17(13(10)16-11)8-12-7-14-4-5-15-12/h1-7,18H,8-9H2. The van der Waals surface area contributed by atoms with E-state index in [2.05, 4.69) is 15.0 Å². The molecular formula is C13H12N4O. The lowest BCUT2D eigenvalue weighted by molar-refractivity contribution is 0.277. The van der Waals surface area contributed by atoms with Gasteiger partial charge < -0.3 is 9.67 Å². The number of aliphatic hydroxyl groups excluding tert-OH is 1. The summed E-state index contributed by atoms with van der Waals surface area (Å²) in [4.78, 5) is 12.7. The van der Waals surface area contributed by atoms with Crippen molar-refractivity contribution in [1.82, 2.24) is 19.5 Å². The summed E-state index contributed by atoms with van der Waals surface area (Å²) < 4.78 is 2.00. The van der Waals surface area contributed by atoms with Crippen LogP contribution < -0.4 is 0 Å². The number of rotatable bonds is 3. The third kappa shape index (κ3) is 1.96. The smallest absolute Gasteiger partial charge is 0.140 e. The molecule has 3 heterocycles. The predicted octanol–water partition coefficient (Wildman–Crippen LogP) is 1.37. The summed E-state index contributed by atoms with van der Waals surface area (Å²) in [5.41, 5.74) is 2.40. The molecule has 0 unspecified atom stereocenters. The Labute approximate surface area is 104 Å². The molecule has 0 fully saturated rings. The Bertz CT molecular complexity index is 663. The lowest BCUT2D eigenvalue weighted by atomic mass is 10.3. The molecule has 90 valence electrons. The van der Waals surface area contributed by atoms with Gasteiger partial charge in [0.15, 0.2) is 0 Å². The van der Waals surface area contributed by atoms with Gasteiger partial charge in [0.05, 0.1) is 30.7 Å². The zero-order valence-electron chi connectivity index (χ0n) is 9.69. The van der Waals surface area contributed by atoms with Crippen LogP contribution >= 0.6 is 0 Å². The summed E-state index contributed by atoms with van der Waals surface area (Å²) in [5.74, 6) is 0. The van der Waals surface area contributed by atoms with Crippen molar-refractivity contribution in [1.29, 1.82) is 0 Å². The van der Waals surface area contributed by atoms with Crippen LogP contribution in [0.4, 0.5) is 0 Å². The molecule has 3 aromatic heterocycles. The number of aliphatic hydroxyl groups is 1. The van der Waals surface area contributed by atoms with Gasteiger partial charge in [-0.15, -0.1) is 0 Å². The van der Waals surface area contributed by atoms with Crippen LogP contribution in [0, 0.1) is 0 Å². The van der Waals surface area contributed by atoms with Gasteiger partial charge in [-0.25, -0.2) is 4.98 Å². The summed E-state index contributed by atoms with van der Waals surface area (Å²) in [6, 6.07) is 5.79. The summed E-state index contributed by atoms with van der Waals surface area (Å²) in [6.07, 6.45) is 7.03. The highest BCUT2D eigenvalue weighted by Crippen LogP contribution is 2.15. The van der Waals surface area contributed by atoms with E-state index in [0.717, 1.165) is 16.7 Å². The van der Waals surface area contributed by atoms with Crippen LogP contribution in [-0.2, 0) is 13.2 Å². The fourth-order valence-corrected chi connectivity index (χ4v) is 1.90. The number of aromatic nitrogens is 4. The largest absolute Gasteiger partial charge is 0.390 e. The van der Waals surface area contributed by atoms with Gasteiger partial charge in [-0.3, -0.25) is 9.97 Å². The molecule has 3 rings (SSSR count). The van der Waals surface area contributed by atoms with Crippen molar-refractivity contribution < 1.29 is 5.11 Å². The van der Waals surface area contributed by atoms with Gasteiger partial charge in [0, 0.05) is 24.0 Å². The molecule has 0 aliphatic heterocycles. The van der Waals surface area contributed by atoms with Crippen LogP contribution in [0.2, 0.25) is 0 Å². The Morgan fingerprint density at radius 3 is 2.83 bits per heavy atom. The van der Waals surface area contributed by atoms with Crippen molar-refractivity contribution in [3.05, 3.63) is 54.4 Å². The average molecular weight is 240 g/mol. The first-order chi connectivity index (χ1) is 8.86. The Morgan fingerprint density at radius 2 is 2.06 bits per heavy atom. The highest BCUT2D eigenvalue weighted by Gasteiger charge is 2.05. The van der Waals surface area contributed by atoms with E-state index in [1.165, 1.54) is 0 Å². The predicted molar refractivity (Wildman–Crippen MR) is 66.8 cm³/mol. The Morgan fingerprint density at radius 1 is 1.11 bits per heavy atom. The minimum Gasteiger partial charge on any atom is -0.390 e. The SMILES string of the molecule is OCc1ccc2ccn(Cc3cnccn3)c2n1. The summed E-state index contributed by atoms with van der Waals surface area (Å²) >= 11 is 0. The summed E-state index contributed by atoms with van der Waals surface area (Å²) in [6.45, 7) is 0.575. The van der Waals surface area contributed by atoms with Gasteiger partial charge in [0.1, 0.15) is 5.65 Å².